The summed E-state index contributed by atoms with van der Waals surface area (Å²) in [5.74, 6) is 0. The van der Waals surface area contributed by atoms with Crippen molar-refractivity contribution in [2.45, 2.75) is 0 Å². The van der Waals surface area contributed by atoms with E-state index in [-0.39, 0.29) is 0 Å². The summed E-state index contributed by atoms with van der Waals surface area (Å²) in [5, 5.41) is 2.22. The maximum atomic E-state index is 6.29. The molecule has 0 amide bonds. The van der Waals surface area contributed by atoms with E-state index in [2.05, 4.69) is 41.3 Å². The second kappa shape index (κ2) is 3.65. The molecule has 16 heavy (non-hydrogen) atoms. The molecule has 0 fully saturated rings. The fourth-order valence-corrected chi connectivity index (χ4v) is 2.66. The zero-order valence-corrected chi connectivity index (χ0v) is 9.88. The van der Waals surface area contributed by atoms with E-state index in [1.54, 1.807) is 0 Å². The molecule has 2 heterocycles. The summed E-state index contributed by atoms with van der Waals surface area (Å²) in [6.45, 7) is 1.79. The summed E-state index contributed by atoms with van der Waals surface area (Å²) in [7, 11) is 2.09. The number of H-pyrrole nitrogens is 1. The molecule has 1 N–H and O–H groups in total. The Balaban J connectivity index is 2.17. The van der Waals surface area contributed by atoms with Crippen LogP contribution in [0.5, 0.6) is 0 Å². The highest BCUT2D eigenvalue weighted by atomic mass is 35.5. The number of rotatable bonds is 1. The van der Waals surface area contributed by atoms with Crippen LogP contribution in [0.1, 0.15) is 5.56 Å². The highest BCUT2D eigenvalue weighted by Crippen LogP contribution is 2.32. The Morgan fingerprint density at radius 1 is 1.25 bits per heavy atom. The fraction of sp³-hybridized carbons (Fsp3) is 0.231. The number of para-hydroxylation sites is 1. The van der Waals surface area contributed by atoms with Crippen molar-refractivity contribution >= 4 is 28.1 Å². The lowest BCUT2D eigenvalue weighted by Gasteiger charge is -2.06. The van der Waals surface area contributed by atoms with Gasteiger partial charge in [-0.05, 0) is 18.7 Å². The third kappa shape index (κ3) is 1.46. The van der Waals surface area contributed by atoms with Crippen molar-refractivity contribution in [2.75, 3.05) is 20.1 Å². The summed E-state index contributed by atoms with van der Waals surface area (Å²) < 4.78 is 0. The summed E-state index contributed by atoms with van der Waals surface area (Å²) in [6, 6.07) is 8.33. The normalized spacial score (nSPS) is 17.6. The zero-order valence-electron chi connectivity index (χ0n) is 9.13. The van der Waals surface area contributed by atoms with Gasteiger partial charge in [0.05, 0.1) is 0 Å². The molecule has 1 aliphatic rings. The number of fused-ring (bicyclic) bond motifs is 1. The maximum absolute atomic E-state index is 6.29. The second-order valence-corrected chi connectivity index (χ2v) is 4.76. The van der Waals surface area contributed by atoms with Gasteiger partial charge in [0, 0.05) is 40.8 Å². The molecule has 2 nitrogen and oxygen atoms in total. The first-order chi connectivity index (χ1) is 7.75. The van der Waals surface area contributed by atoms with Gasteiger partial charge in [0.15, 0.2) is 0 Å². The molecule has 3 rings (SSSR count). The van der Waals surface area contributed by atoms with Crippen LogP contribution in [-0.2, 0) is 0 Å². The molecule has 0 aliphatic carbocycles. The van der Waals surface area contributed by atoms with Crippen molar-refractivity contribution in [2.24, 2.45) is 0 Å². The average molecular weight is 233 g/mol. The molecule has 0 unspecified atom stereocenters. The molecular formula is C13H13ClN2. The quantitative estimate of drug-likeness (QED) is 0.801. The van der Waals surface area contributed by atoms with Crippen molar-refractivity contribution in [3.8, 4) is 0 Å². The number of likely N-dealkylation sites (N-methyl/N-ethyl adjacent to an activating group) is 1. The van der Waals surface area contributed by atoms with Crippen molar-refractivity contribution in [1.29, 1.82) is 0 Å². The summed E-state index contributed by atoms with van der Waals surface area (Å²) >= 11 is 6.29. The van der Waals surface area contributed by atoms with Gasteiger partial charge >= 0.3 is 0 Å². The maximum Gasteiger partial charge on any atom is 0.0460 e. The monoisotopic (exact) mass is 232 g/mol. The smallest absolute Gasteiger partial charge is 0.0460 e. The number of nitrogens with zero attached hydrogens (tertiary/aromatic N) is 1. The number of halogens is 1. The minimum atomic E-state index is 0.858. The highest BCUT2D eigenvalue weighted by Gasteiger charge is 2.20. The van der Waals surface area contributed by atoms with Gasteiger partial charge in [-0.2, -0.15) is 0 Å². The molecular weight excluding hydrogens is 220 g/mol. The Morgan fingerprint density at radius 3 is 2.81 bits per heavy atom. The first-order valence-electron chi connectivity index (χ1n) is 5.38. The van der Waals surface area contributed by atoms with Crippen LogP contribution < -0.4 is 0 Å². The largest absolute Gasteiger partial charge is 0.361 e. The number of benzene rings is 1. The molecule has 0 spiro atoms. The fourth-order valence-electron chi connectivity index (χ4n) is 2.30. The van der Waals surface area contributed by atoms with Gasteiger partial charge in [0.25, 0.3) is 0 Å². The van der Waals surface area contributed by atoms with Crippen molar-refractivity contribution in [3.63, 3.8) is 0 Å². The Morgan fingerprint density at radius 2 is 2.06 bits per heavy atom. The SMILES string of the molecule is CN1CC(Cl)=C(c2c[nH]c3ccccc23)C1. The molecule has 0 radical (unpaired) electrons. The molecule has 0 saturated heterocycles. The Hall–Kier alpha value is -1.25. The molecule has 0 bridgehead atoms. The number of aromatic nitrogens is 1. The van der Waals surface area contributed by atoms with Gasteiger partial charge in [0.1, 0.15) is 0 Å². The number of nitrogens with one attached hydrogen (secondary N) is 1. The van der Waals surface area contributed by atoms with E-state index < -0.39 is 0 Å². The Kier molecular flexibility index (Phi) is 2.27. The average Bonchev–Trinajstić information content (AvgIpc) is 2.81. The van der Waals surface area contributed by atoms with E-state index in [1.165, 1.54) is 22.0 Å². The van der Waals surface area contributed by atoms with E-state index in [0.717, 1.165) is 18.1 Å². The van der Waals surface area contributed by atoms with Gasteiger partial charge in [-0.25, -0.2) is 0 Å². The van der Waals surface area contributed by atoms with Crippen LogP contribution in [0.3, 0.4) is 0 Å². The van der Waals surface area contributed by atoms with Gasteiger partial charge in [-0.15, -0.1) is 0 Å². The van der Waals surface area contributed by atoms with Crippen molar-refractivity contribution in [3.05, 3.63) is 41.1 Å². The van der Waals surface area contributed by atoms with Gasteiger partial charge in [0.2, 0.25) is 0 Å². The van der Waals surface area contributed by atoms with Crippen LogP contribution in [0.2, 0.25) is 0 Å². The molecule has 0 saturated carbocycles. The molecule has 0 atom stereocenters. The predicted molar refractivity (Wildman–Crippen MR) is 68.6 cm³/mol. The third-order valence-electron chi connectivity index (χ3n) is 3.08. The Bertz CT molecular complexity index is 568. The Labute approximate surface area is 99.5 Å². The first-order valence-corrected chi connectivity index (χ1v) is 5.76. The first kappa shape index (κ1) is 9.94. The minimum Gasteiger partial charge on any atom is -0.361 e. The highest BCUT2D eigenvalue weighted by molar-refractivity contribution is 6.33. The van der Waals surface area contributed by atoms with Crippen LogP contribution in [-0.4, -0.2) is 30.0 Å². The summed E-state index contributed by atoms with van der Waals surface area (Å²) in [4.78, 5) is 5.51. The molecule has 1 aromatic heterocycles. The molecule has 82 valence electrons. The van der Waals surface area contributed by atoms with Gasteiger partial charge in [-0.3, -0.25) is 4.90 Å². The molecule has 1 aliphatic heterocycles. The minimum absolute atomic E-state index is 0.858. The molecule has 1 aromatic carbocycles. The van der Waals surface area contributed by atoms with E-state index in [0.29, 0.717) is 0 Å². The van der Waals surface area contributed by atoms with Crippen molar-refractivity contribution in [1.82, 2.24) is 9.88 Å². The second-order valence-electron chi connectivity index (χ2n) is 4.30. The summed E-state index contributed by atoms with van der Waals surface area (Å²) in [5.41, 5.74) is 3.66. The van der Waals surface area contributed by atoms with E-state index in [9.17, 15) is 0 Å². The zero-order chi connectivity index (χ0) is 11.1. The molecule has 3 heteroatoms. The number of hydrogen-bond acceptors (Lipinski definition) is 1. The molecule has 2 aromatic rings. The van der Waals surface area contributed by atoms with Gasteiger partial charge in [-0.1, -0.05) is 29.8 Å². The van der Waals surface area contributed by atoms with E-state index in [4.69, 9.17) is 11.6 Å². The van der Waals surface area contributed by atoms with Crippen LogP contribution >= 0.6 is 11.6 Å². The third-order valence-corrected chi connectivity index (χ3v) is 3.43. The number of hydrogen-bond donors (Lipinski definition) is 1. The lowest BCUT2D eigenvalue weighted by molar-refractivity contribution is 0.436. The number of aromatic amines is 1. The topological polar surface area (TPSA) is 19.0 Å². The van der Waals surface area contributed by atoms with Crippen LogP contribution in [0, 0.1) is 0 Å². The predicted octanol–water partition coefficient (Wildman–Crippen LogP) is 3.06. The standard InChI is InChI=1S/C13H13ClN2/c1-16-7-11(12(14)8-16)10-6-15-13-5-3-2-4-9(10)13/h2-6,15H,7-8H2,1H3. The van der Waals surface area contributed by atoms with Crippen molar-refractivity contribution < 1.29 is 0 Å². The lowest BCUT2D eigenvalue weighted by Crippen LogP contribution is -2.13. The summed E-state index contributed by atoms with van der Waals surface area (Å²) in [6.07, 6.45) is 2.06. The van der Waals surface area contributed by atoms with Crippen LogP contribution in [0.15, 0.2) is 35.5 Å². The van der Waals surface area contributed by atoms with Crippen LogP contribution in [0.25, 0.3) is 16.5 Å². The lowest BCUT2D eigenvalue weighted by atomic mass is 10.1. The van der Waals surface area contributed by atoms with E-state index >= 15 is 0 Å². The van der Waals surface area contributed by atoms with E-state index in [1.807, 2.05) is 6.07 Å². The van der Waals surface area contributed by atoms with Gasteiger partial charge < -0.3 is 4.98 Å². The van der Waals surface area contributed by atoms with Crippen LogP contribution in [0.4, 0.5) is 0 Å².